The number of likely N-dealkylation sites (tertiary alicyclic amines) is 1. The van der Waals surface area contributed by atoms with Gasteiger partial charge in [-0.05, 0) is 46.2 Å². The second-order valence-electron chi connectivity index (χ2n) is 6.28. The average molecular weight is 277 g/mol. The Bertz CT molecular complexity index is 442. The fraction of sp³-hybridized carbons (Fsp3) is 0.750. The van der Waals surface area contributed by atoms with Crippen molar-refractivity contribution in [2.45, 2.75) is 65.0 Å². The van der Waals surface area contributed by atoms with Gasteiger partial charge in [-0.1, -0.05) is 19.8 Å². The first-order chi connectivity index (χ1) is 9.55. The molecule has 1 fully saturated rings. The molecule has 1 aromatic heterocycles. The fourth-order valence-corrected chi connectivity index (χ4v) is 2.96. The lowest BCUT2D eigenvalue weighted by Crippen LogP contribution is -2.50. The number of carbonyl (C=O) groups excluding carboxylic acids is 1. The molecule has 1 aromatic rings. The number of aromatic nitrogens is 2. The lowest BCUT2D eigenvalue weighted by atomic mass is 9.92. The zero-order chi connectivity index (χ0) is 14.6. The number of aryl methyl sites for hydroxylation is 1. The van der Waals surface area contributed by atoms with Gasteiger partial charge in [0.05, 0.1) is 17.3 Å². The molecule has 0 amide bonds. The van der Waals surface area contributed by atoms with Crippen LogP contribution in [0, 0.1) is 0 Å². The molecule has 0 unspecified atom stereocenters. The van der Waals surface area contributed by atoms with Gasteiger partial charge in [0, 0.05) is 12.7 Å². The molecule has 2 heterocycles. The molecule has 0 N–H and O–H groups in total. The number of ketones is 1. The Morgan fingerprint density at radius 3 is 2.50 bits per heavy atom. The van der Waals surface area contributed by atoms with Gasteiger partial charge in [-0.25, -0.2) is 0 Å². The third-order valence-corrected chi connectivity index (χ3v) is 4.30. The van der Waals surface area contributed by atoms with Crippen LogP contribution in [0.5, 0.6) is 0 Å². The number of nitrogens with zero attached hydrogens (tertiary/aromatic N) is 3. The molecule has 0 bridgehead atoms. The zero-order valence-electron chi connectivity index (χ0n) is 13.1. The van der Waals surface area contributed by atoms with E-state index in [1.807, 2.05) is 10.9 Å². The van der Waals surface area contributed by atoms with Crippen LogP contribution in [0.1, 0.15) is 63.2 Å². The first kappa shape index (κ1) is 15.2. The molecule has 0 radical (unpaired) electrons. The summed E-state index contributed by atoms with van der Waals surface area (Å²) in [5.74, 6) is 0.196. The minimum atomic E-state index is -0.426. The van der Waals surface area contributed by atoms with Crippen LogP contribution >= 0.6 is 0 Å². The highest BCUT2D eigenvalue weighted by Crippen LogP contribution is 2.24. The van der Waals surface area contributed by atoms with E-state index in [2.05, 4.69) is 30.8 Å². The lowest BCUT2D eigenvalue weighted by molar-refractivity contribution is 0.0649. The molecule has 1 saturated heterocycles. The molecule has 0 aromatic carbocycles. The molecule has 0 saturated carbocycles. The molecule has 2 rings (SSSR count). The number of rotatable bonds is 5. The number of carbonyl (C=O) groups is 1. The van der Waals surface area contributed by atoms with Gasteiger partial charge in [-0.2, -0.15) is 5.10 Å². The van der Waals surface area contributed by atoms with Crippen LogP contribution in [-0.2, 0) is 6.54 Å². The topological polar surface area (TPSA) is 38.1 Å². The minimum Gasteiger partial charge on any atom is -0.292 e. The summed E-state index contributed by atoms with van der Waals surface area (Å²) in [5, 5.41) is 4.28. The quantitative estimate of drug-likeness (QED) is 0.776. The van der Waals surface area contributed by atoms with Crippen molar-refractivity contribution < 1.29 is 4.79 Å². The number of hydrogen-bond donors (Lipinski definition) is 0. The smallest absolute Gasteiger partial charge is 0.185 e. The van der Waals surface area contributed by atoms with E-state index in [0.717, 1.165) is 31.6 Å². The zero-order valence-corrected chi connectivity index (χ0v) is 13.1. The number of Topliss-reactive ketones (excluding diaryl/α,β-unsaturated/α-hetero) is 1. The first-order valence-electron chi connectivity index (χ1n) is 7.88. The summed E-state index contributed by atoms with van der Waals surface area (Å²) in [6.07, 6.45) is 9.62. The van der Waals surface area contributed by atoms with Crippen LogP contribution in [0.4, 0.5) is 0 Å². The highest BCUT2D eigenvalue weighted by molar-refractivity contribution is 6.02. The van der Waals surface area contributed by atoms with Gasteiger partial charge < -0.3 is 0 Å². The molecule has 1 aliphatic rings. The van der Waals surface area contributed by atoms with Gasteiger partial charge in [0.2, 0.25) is 0 Å². The summed E-state index contributed by atoms with van der Waals surface area (Å²) in [5.41, 5.74) is 0.317. The van der Waals surface area contributed by atoms with E-state index in [0.29, 0.717) is 0 Å². The standard InChI is InChI=1S/C16H27N3O/c1-4-9-19-13-14(12-17-19)15(20)16(2,3)18-10-7-5-6-8-11-18/h12-13H,4-11H2,1-3H3. The maximum atomic E-state index is 12.8. The van der Waals surface area contributed by atoms with Gasteiger partial charge in [0.25, 0.3) is 0 Å². The monoisotopic (exact) mass is 277 g/mol. The maximum absolute atomic E-state index is 12.8. The molecule has 0 spiro atoms. The van der Waals surface area contributed by atoms with Gasteiger partial charge in [-0.15, -0.1) is 0 Å². The minimum absolute atomic E-state index is 0.196. The van der Waals surface area contributed by atoms with E-state index in [4.69, 9.17) is 0 Å². The number of hydrogen-bond acceptors (Lipinski definition) is 3. The van der Waals surface area contributed by atoms with Gasteiger partial charge >= 0.3 is 0 Å². The Hall–Kier alpha value is -1.16. The van der Waals surface area contributed by atoms with E-state index >= 15 is 0 Å². The van der Waals surface area contributed by atoms with Crippen LogP contribution in [-0.4, -0.2) is 39.1 Å². The summed E-state index contributed by atoms with van der Waals surface area (Å²) in [4.78, 5) is 15.1. The highest BCUT2D eigenvalue weighted by Gasteiger charge is 2.35. The van der Waals surface area contributed by atoms with Crippen LogP contribution < -0.4 is 0 Å². The van der Waals surface area contributed by atoms with Crippen LogP contribution in [0.3, 0.4) is 0 Å². The van der Waals surface area contributed by atoms with Crippen molar-refractivity contribution in [1.82, 2.24) is 14.7 Å². The molecule has 20 heavy (non-hydrogen) atoms. The van der Waals surface area contributed by atoms with Crippen LogP contribution in [0.15, 0.2) is 12.4 Å². The molecule has 4 nitrogen and oxygen atoms in total. The second kappa shape index (κ2) is 6.53. The third kappa shape index (κ3) is 3.29. The van der Waals surface area contributed by atoms with Crippen molar-refractivity contribution in [1.29, 1.82) is 0 Å². The molecule has 112 valence electrons. The largest absolute Gasteiger partial charge is 0.292 e. The lowest BCUT2D eigenvalue weighted by Gasteiger charge is -2.36. The predicted molar refractivity (Wildman–Crippen MR) is 81.0 cm³/mol. The van der Waals surface area contributed by atoms with Crippen LogP contribution in [0.25, 0.3) is 0 Å². The maximum Gasteiger partial charge on any atom is 0.185 e. The van der Waals surface area contributed by atoms with E-state index in [9.17, 15) is 4.79 Å². The summed E-state index contributed by atoms with van der Waals surface area (Å²) in [6.45, 7) is 9.15. The first-order valence-corrected chi connectivity index (χ1v) is 7.88. The fourth-order valence-electron chi connectivity index (χ4n) is 2.96. The SMILES string of the molecule is CCCn1cc(C(=O)C(C)(C)N2CCCCCC2)cn1. The summed E-state index contributed by atoms with van der Waals surface area (Å²) in [6, 6.07) is 0. The predicted octanol–water partition coefficient (Wildman–Crippen LogP) is 3.13. The van der Waals surface area contributed by atoms with E-state index < -0.39 is 5.54 Å². The Kier molecular flexibility index (Phi) is 4.97. The average Bonchev–Trinajstić information content (AvgIpc) is 2.71. The Balaban J connectivity index is 2.11. The van der Waals surface area contributed by atoms with Crippen molar-refractivity contribution in [3.63, 3.8) is 0 Å². The van der Waals surface area contributed by atoms with Gasteiger partial charge in [-0.3, -0.25) is 14.4 Å². The Morgan fingerprint density at radius 1 is 1.25 bits per heavy atom. The Labute approximate surface area is 122 Å². The van der Waals surface area contributed by atoms with Crippen molar-refractivity contribution in [3.05, 3.63) is 18.0 Å². The van der Waals surface area contributed by atoms with E-state index in [1.165, 1.54) is 25.7 Å². The molecule has 1 aliphatic heterocycles. The van der Waals surface area contributed by atoms with E-state index in [1.54, 1.807) is 6.20 Å². The van der Waals surface area contributed by atoms with Gasteiger partial charge in [0.1, 0.15) is 0 Å². The van der Waals surface area contributed by atoms with Crippen molar-refractivity contribution in [2.24, 2.45) is 0 Å². The normalized spacial score (nSPS) is 17.9. The third-order valence-electron chi connectivity index (χ3n) is 4.30. The Morgan fingerprint density at radius 2 is 1.90 bits per heavy atom. The van der Waals surface area contributed by atoms with Crippen molar-refractivity contribution >= 4 is 5.78 Å². The molecule has 0 atom stereocenters. The highest BCUT2D eigenvalue weighted by atomic mass is 16.1. The molecular weight excluding hydrogens is 250 g/mol. The second-order valence-corrected chi connectivity index (χ2v) is 6.28. The van der Waals surface area contributed by atoms with E-state index in [-0.39, 0.29) is 5.78 Å². The summed E-state index contributed by atoms with van der Waals surface area (Å²) < 4.78 is 1.87. The van der Waals surface area contributed by atoms with Crippen molar-refractivity contribution in [2.75, 3.05) is 13.1 Å². The van der Waals surface area contributed by atoms with Crippen molar-refractivity contribution in [3.8, 4) is 0 Å². The van der Waals surface area contributed by atoms with Gasteiger partial charge in [0.15, 0.2) is 5.78 Å². The molecular formula is C16H27N3O. The summed E-state index contributed by atoms with van der Waals surface area (Å²) in [7, 11) is 0. The molecule has 0 aliphatic carbocycles. The van der Waals surface area contributed by atoms with Crippen LogP contribution in [0.2, 0.25) is 0 Å². The summed E-state index contributed by atoms with van der Waals surface area (Å²) >= 11 is 0. The molecule has 4 heteroatoms.